The van der Waals surface area contributed by atoms with Gasteiger partial charge in [-0.15, -0.1) is 0 Å². The number of aromatic nitrogens is 1. The number of pyridine rings is 1. The van der Waals surface area contributed by atoms with Crippen LogP contribution < -0.4 is 5.73 Å². The van der Waals surface area contributed by atoms with Crippen molar-refractivity contribution in [2.75, 3.05) is 0 Å². The van der Waals surface area contributed by atoms with E-state index in [0.29, 0.717) is 15.7 Å². The molecule has 0 bridgehead atoms. The van der Waals surface area contributed by atoms with Crippen LogP contribution in [0.1, 0.15) is 18.5 Å². The third-order valence-corrected chi connectivity index (χ3v) is 2.88. The van der Waals surface area contributed by atoms with Crippen LogP contribution in [0.15, 0.2) is 24.3 Å². The van der Waals surface area contributed by atoms with Crippen LogP contribution in [-0.2, 0) is 0 Å². The number of benzene rings is 1. The Morgan fingerprint density at radius 2 is 2.07 bits per heavy atom. The maximum absolute atomic E-state index is 6.02. The number of hydrogen-bond donors (Lipinski definition) is 1. The summed E-state index contributed by atoms with van der Waals surface area (Å²) in [5, 5.41) is 1.98. The van der Waals surface area contributed by atoms with E-state index >= 15 is 0 Å². The standard InChI is InChI=1S/C11H10Cl2N2/c1-6(14)8-5-7-3-2-4-9(12)10(7)15-11(8)13/h2-6H,14H2,1H3. The SMILES string of the molecule is CC(N)c1cc2cccc(Cl)c2nc1Cl. The van der Waals surface area contributed by atoms with Crippen LogP contribution in [0.2, 0.25) is 10.2 Å². The maximum atomic E-state index is 6.02. The fraction of sp³-hybridized carbons (Fsp3) is 0.182. The van der Waals surface area contributed by atoms with Gasteiger partial charge in [0.15, 0.2) is 0 Å². The van der Waals surface area contributed by atoms with E-state index in [-0.39, 0.29) is 6.04 Å². The highest BCUT2D eigenvalue weighted by molar-refractivity contribution is 6.35. The molecular formula is C11H10Cl2N2. The first-order valence-corrected chi connectivity index (χ1v) is 5.35. The molecule has 2 N–H and O–H groups in total. The lowest BCUT2D eigenvalue weighted by Crippen LogP contribution is -2.06. The van der Waals surface area contributed by atoms with Gasteiger partial charge in [0.25, 0.3) is 0 Å². The van der Waals surface area contributed by atoms with E-state index in [1.165, 1.54) is 0 Å². The van der Waals surface area contributed by atoms with Crippen molar-refractivity contribution in [2.45, 2.75) is 13.0 Å². The van der Waals surface area contributed by atoms with Crippen molar-refractivity contribution in [3.63, 3.8) is 0 Å². The third-order valence-electron chi connectivity index (χ3n) is 2.27. The van der Waals surface area contributed by atoms with Gasteiger partial charge >= 0.3 is 0 Å². The summed E-state index contributed by atoms with van der Waals surface area (Å²) in [6.07, 6.45) is 0. The molecule has 4 heteroatoms. The number of rotatable bonds is 1. The third kappa shape index (κ3) is 1.93. The van der Waals surface area contributed by atoms with Crippen molar-refractivity contribution in [2.24, 2.45) is 5.73 Å². The summed E-state index contributed by atoms with van der Waals surface area (Å²) in [5.74, 6) is 0. The molecule has 0 fully saturated rings. The average molecular weight is 241 g/mol. The van der Waals surface area contributed by atoms with Crippen molar-refractivity contribution < 1.29 is 0 Å². The molecule has 1 aromatic heterocycles. The van der Waals surface area contributed by atoms with E-state index in [0.717, 1.165) is 10.9 Å². The molecule has 1 heterocycles. The number of fused-ring (bicyclic) bond motifs is 1. The van der Waals surface area contributed by atoms with Gasteiger partial charge in [0, 0.05) is 17.0 Å². The minimum atomic E-state index is -0.131. The Balaban J connectivity index is 2.76. The van der Waals surface area contributed by atoms with Gasteiger partial charge in [0.2, 0.25) is 0 Å². The summed E-state index contributed by atoms with van der Waals surface area (Å²) in [4.78, 5) is 4.25. The van der Waals surface area contributed by atoms with E-state index in [1.54, 1.807) is 6.07 Å². The minimum absolute atomic E-state index is 0.131. The van der Waals surface area contributed by atoms with Crippen molar-refractivity contribution in [3.05, 3.63) is 40.0 Å². The monoisotopic (exact) mass is 240 g/mol. The van der Waals surface area contributed by atoms with Gasteiger partial charge in [-0.1, -0.05) is 35.3 Å². The molecule has 0 radical (unpaired) electrons. The number of para-hydroxylation sites is 1. The number of halogens is 2. The smallest absolute Gasteiger partial charge is 0.134 e. The first-order chi connectivity index (χ1) is 7.09. The van der Waals surface area contributed by atoms with Gasteiger partial charge in [-0.3, -0.25) is 0 Å². The fourth-order valence-electron chi connectivity index (χ4n) is 1.48. The van der Waals surface area contributed by atoms with E-state index in [9.17, 15) is 0 Å². The number of nitrogens with two attached hydrogens (primary N) is 1. The molecule has 0 aliphatic carbocycles. The molecule has 0 aliphatic rings. The van der Waals surface area contributed by atoms with E-state index < -0.39 is 0 Å². The quantitative estimate of drug-likeness (QED) is 0.775. The van der Waals surface area contributed by atoms with Crippen LogP contribution in [0, 0.1) is 0 Å². The molecule has 0 saturated heterocycles. The highest BCUT2D eigenvalue weighted by Gasteiger charge is 2.09. The second-order valence-electron chi connectivity index (χ2n) is 3.47. The molecule has 0 amide bonds. The predicted octanol–water partition coefficient (Wildman–Crippen LogP) is 3.56. The molecule has 15 heavy (non-hydrogen) atoms. The molecule has 1 atom stereocenters. The minimum Gasteiger partial charge on any atom is -0.324 e. The molecule has 2 nitrogen and oxygen atoms in total. The topological polar surface area (TPSA) is 38.9 Å². The molecule has 1 aromatic carbocycles. The molecular weight excluding hydrogens is 231 g/mol. The van der Waals surface area contributed by atoms with Crippen molar-refractivity contribution >= 4 is 34.1 Å². The predicted molar refractivity (Wildman–Crippen MR) is 64.4 cm³/mol. The van der Waals surface area contributed by atoms with Crippen molar-refractivity contribution in [3.8, 4) is 0 Å². The first-order valence-electron chi connectivity index (χ1n) is 4.60. The van der Waals surface area contributed by atoms with Gasteiger partial charge in [0.05, 0.1) is 10.5 Å². The van der Waals surface area contributed by atoms with Gasteiger partial charge in [0.1, 0.15) is 5.15 Å². The lowest BCUT2D eigenvalue weighted by molar-refractivity contribution is 0.815. The lowest BCUT2D eigenvalue weighted by Gasteiger charge is -2.09. The zero-order chi connectivity index (χ0) is 11.0. The summed E-state index contributed by atoms with van der Waals surface area (Å²) in [7, 11) is 0. The summed E-state index contributed by atoms with van der Waals surface area (Å²) < 4.78 is 0. The summed E-state index contributed by atoms with van der Waals surface area (Å²) in [5.41, 5.74) is 7.34. The maximum Gasteiger partial charge on any atom is 0.134 e. The molecule has 0 aliphatic heterocycles. The Morgan fingerprint density at radius 3 is 2.73 bits per heavy atom. The Kier molecular flexibility index (Phi) is 2.83. The summed E-state index contributed by atoms with van der Waals surface area (Å²) >= 11 is 12.0. The van der Waals surface area contributed by atoms with Crippen molar-refractivity contribution in [1.29, 1.82) is 0 Å². The van der Waals surface area contributed by atoms with Crippen LogP contribution in [0.4, 0.5) is 0 Å². The molecule has 2 rings (SSSR count). The fourth-order valence-corrected chi connectivity index (χ4v) is 2.01. The second kappa shape index (κ2) is 3.97. The van der Waals surface area contributed by atoms with Crippen LogP contribution >= 0.6 is 23.2 Å². The number of hydrogen-bond acceptors (Lipinski definition) is 2. The van der Waals surface area contributed by atoms with E-state index in [2.05, 4.69) is 4.98 Å². The van der Waals surface area contributed by atoms with Crippen LogP contribution in [0.3, 0.4) is 0 Å². The van der Waals surface area contributed by atoms with Crippen LogP contribution in [-0.4, -0.2) is 4.98 Å². The zero-order valence-corrected chi connectivity index (χ0v) is 9.68. The van der Waals surface area contributed by atoms with E-state index in [4.69, 9.17) is 28.9 Å². The van der Waals surface area contributed by atoms with Crippen LogP contribution in [0.25, 0.3) is 10.9 Å². The Labute approximate surface area is 98.0 Å². The second-order valence-corrected chi connectivity index (χ2v) is 4.23. The molecule has 78 valence electrons. The summed E-state index contributed by atoms with van der Waals surface area (Å²) in [6, 6.07) is 7.41. The van der Waals surface area contributed by atoms with E-state index in [1.807, 2.05) is 25.1 Å². The Hall–Kier alpha value is -0.830. The Morgan fingerprint density at radius 1 is 1.33 bits per heavy atom. The largest absolute Gasteiger partial charge is 0.324 e. The molecule has 1 unspecified atom stereocenters. The lowest BCUT2D eigenvalue weighted by atomic mass is 10.1. The average Bonchev–Trinajstić information content (AvgIpc) is 2.18. The molecule has 0 saturated carbocycles. The van der Waals surface area contributed by atoms with Gasteiger partial charge in [-0.2, -0.15) is 0 Å². The number of nitrogens with zero attached hydrogens (tertiary/aromatic N) is 1. The zero-order valence-electron chi connectivity index (χ0n) is 8.17. The van der Waals surface area contributed by atoms with Gasteiger partial charge < -0.3 is 5.73 Å². The van der Waals surface area contributed by atoms with Crippen molar-refractivity contribution in [1.82, 2.24) is 4.98 Å². The summed E-state index contributed by atoms with van der Waals surface area (Å²) in [6.45, 7) is 1.87. The highest BCUT2D eigenvalue weighted by Crippen LogP contribution is 2.28. The highest BCUT2D eigenvalue weighted by atomic mass is 35.5. The van der Waals surface area contributed by atoms with Gasteiger partial charge in [-0.05, 0) is 19.1 Å². The van der Waals surface area contributed by atoms with Gasteiger partial charge in [-0.25, -0.2) is 4.98 Å². The normalized spacial score (nSPS) is 13.1. The van der Waals surface area contributed by atoms with Crippen LogP contribution in [0.5, 0.6) is 0 Å². The molecule has 2 aromatic rings. The molecule has 0 spiro atoms. The first kappa shape index (κ1) is 10.7. The Bertz CT molecular complexity index is 509.